The normalized spacial score (nSPS) is 18.6. The maximum Gasteiger partial charge on any atom is 0.329 e. The Labute approximate surface area is 103 Å². The van der Waals surface area contributed by atoms with Crippen molar-refractivity contribution in [1.82, 2.24) is 0 Å². The monoisotopic (exact) mass is 255 g/mol. The van der Waals surface area contributed by atoms with Gasteiger partial charge in [0.1, 0.15) is 11.4 Å². The number of carboxylic acid groups (broad SMARTS) is 1. The van der Waals surface area contributed by atoms with Crippen LogP contribution in [0.15, 0.2) is 24.3 Å². The molecular formula is C12H14FNO2S. The Bertz CT molecular complexity index is 419. The average molecular weight is 255 g/mol. The molecule has 2 rings (SSSR count). The number of nitrogens with one attached hydrogen (secondary N) is 1. The molecule has 92 valence electrons. The van der Waals surface area contributed by atoms with Gasteiger partial charge >= 0.3 is 5.97 Å². The summed E-state index contributed by atoms with van der Waals surface area (Å²) < 4.78 is 13.1. The highest BCUT2D eigenvalue weighted by molar-refractivity contribution is 7.99. The first-order chi connectivity index (χ1) is 8.12. The number of carboxylic acids is 1. The van der Waals surface area contributed by atoms with Crippen LogP contribution in [-0.4, -0.2) is 28.1 Å². The van der Waals surface area contributed by atoms with Crippen molar-refractivity contribution in [3.05, 3.63) is 30.1 Å². The van der Waals surface area contributed by atoms with Crippen molar-refractivity contribution in [2.75, 3.05) is 16.8 Å². The van der Waals surface area contributed by atoms with E-state index in [9.17, 15) is 14.3 Å². The predicted molar refractivity (Wildman–Crippen MR) is 66.9 cm³/mol. The van der Waals surface area contributed by atoms with Crippen LogP contribution >= 0.6 is 11.8 Å². The molecule has 0 aliphatic carbocycles. The number of hydrogen-bond acceptors (Lipinski definition) is 3. The Hall–Kier alpha value is -1.23. The van der Waals surface area contributed by atoms with Crippen molar-refractivity contribution in [3.63, 3.8) is 0 Å². The summed E-state index contributed by atoms with van der Waals surface area (Å²) in [5.74, 6) is 0.409. The summed E-state index contributed by atoms with van der Waals surface area (Å²) >= 11 is 1.75. The maximum absolute atomic E-state index is 13.1. The lowest BCUT2D eigenvalue weighted by Crippen LogP contribution is -2.49. The Morgan fingerprint density at radius 3 is 2.71 bits per heavy atom. The van der Waals surface area contributed by atoms with Gasteiger partial charge in [-0.3, -0.25) is 0 Å². The minimum Gasteiger partial charge on any atom is -0.480 e. The summed E-state index contributed by atoms with van der Waals surface area (Å²) in [6.07, 6.45) is 1.12. The number of carbonyl (C=O) groups is 1. The van der Waals surface area contributed by atoms with Crippen LogP contribution in [0.3, 0.4) is 0 Å². The number of anilines is 1. The number of halogens is 1. The molecule has 0 aromatic heterocycles. The molecule has 0 amide bonds. The molecule has 1 heterocycles. The van der Waals surface area contributed by atoms with Gasteiger partial charge in [0.2, 0.25) is 0 Å². The van der Waals surface area contributed by atoms with E-state index in [2.05, 4.69) is 5.32 Å². The lowest BCUT2D eigenvalue weighted by atomic mass is 9.92. The van der Waals surface area contributed by atoms with Crippen LogP contribution in [0.2, 0.25) is 0 Å². The van der Waals surface area contributed by atoms with Gasteiger partial charge in [0.15, 0.2) is 0 Å². The van der Waals surface area contributed by atoms with Crippen LogP contribution in [0, 0.1) is 5.82 Å². The minimum absolute atomic E-state index is 0.360. The Balaban J connectivity index is 2.20. The number of thioether (sulfide) groups is 1. The Kier molecular flexibility index (Phi) is 3.57. The van der Waals surface area contributed by atoms with Gasteiger partial charge in [-0.2, -0.15) is 11.8 Å². The first-order valence-corrected chi connectivity index (χ1v) is 6.63. The van der Waals surface area contributed by atoms with E-state index in [1.807, 2.05) is 0 Å². The molecule has 1 aliphatic heterocycles. The van der Waals surface area contributed by atoms with Gasteiger partial charge in [0.05, 0.1) is 0 Å². The first kappa shape index (κ1) is 12.2. The molecule has 1 fully saturated rings. The van der Waals surface area contributed by atoms with Crippen LogP contribution in [-0.2, 0) is 4.79 Å². The zero-order chi connectivity index (χ0) is 12.3. The first-order valence-electron chi connectivity index (χ1n) is 5.47. The van der Waals surface area contributed by atoms with E-state index in [1.54, 1.807) is 23.9 Å². The van der Waals surface area contributed by atoms with Crippen LogP contribution in [0.4, 0.5) is 10.1 Å². The van der Waals surface area contributed by atoms with E-state index < -0.39 is 11.5 Å². The zero-order valence-electron chi connectivity index (χ0n) is 9.28. The summed E-state index contributed by atoms with van der Waals surface area (Å²) in [6, 6.07) is 5.93. The third-order valence-electron chi connectivity index (χ3n) is 2.96. The fourth-order valence-electron chi connectivity index (χ4n) is 1.95. The summed E-state index contributed by atoms with van der Waals surface area (Å²) in [5.41, 5.74) is -0.418. The van der Waals surface area contributed by atoms with Gasteiger partial charge in [-0.1, -0.05) is 6.07 Å². The highest BCUT2D eigenvalue weighted by Crippen LogP contribution is 2.31. The van der Waals surface area contributed by atoms with Gasteiger partial charge in [0, 0.05) is 5.69 Å². The SMILES string of the molecule is O=C(O)C1(Nc2cccc(F)c2)CCSCC1. The fraction of sp³-hybridized carbons (Fsp3) is 0.417. The van der Waals surface area contributed by atoms with Gasteiger partial charge in [-0.25, -0.2) is 9.18 Å². The van der Waals surface area contributed by atoms with Crippen molar-refractivity contribution in [3.8, 4) is 0 Å². The molecule has 2 N–H and O–H groups in total. The quantitative estimate of drug-likeness (QED) is 0.871. The molecular weight excluding hydrogens is 241 g/mol. The van der Waals surface area contributed by atoms with Crippen molar-refractivity contribution < 1.29 is 14.3 Å². The second-order valence-electron chi connectivity index (χ2n) is 4.13. The maximum atomic E-state index is 13.1. The van der Waals surface area contributed by atoms with E-state index in [1.165, 1.54) is 12.1 Å². The van der Waals surface area contributed by atoms with Gasteiger partial charge in [-0.15, -0.1) is 0 Å². The average Bonchev–Trinajstić information content (AvgIpc) is 2.30. The Morgan fingerprint density at radius 1 is 1.41 bits per heavy atom. The molecule has 17 heavy (non-hydrogen) atoms. The Morgan fingerprint density at radius 2 is 2.12 bits per heavy atom. The lowest BCUT2D eigenvalue weighted by molar-refractivity contribution is -0.142. The van der Waals surface area contributed by atoms with E-state index in [0.717, 1.165) is 11.5 Å². The van der Waals surface area contributed by atoms with Gasteiger partial charge < -0.3 is 10.4 Å². The molecule has 1 aromatic rings. The summed E-state index contributed by atoms with van der Waals surface area (Å²) in [5, 5.41) is 12.3. The molecule has 1 saturated heterocycles. The second kappa shape index (κ2) is 4.96. The van der Waals surface area contributed by atoms with Gasteiger partial charge in [0.25, 0.3) is 0 Å². The zero-order valence-corrected chi connectivity index (χ0v) is 10.1. The van der Waals surface area contributed by atoms with Crippen molar-refractivity contribution in [1.29, 1.82) is 0 Å². The number of hydrogen-bond donors (Lipinski definition) is 2. The molecule has 5 heteroatoms. The highest BCUT2D eigenvalue weighted by atomic mass is 32.2. The molecule has 0 unspecified atom stereocenters. The number of aliphatic carboxylic acids is 1. The highest BCUT2D eigenvalue weighted by Gasteiger charge is 2.39. The van der Waals surface area contributed by atoms with Crippen molar-refractivity contribution >= 4 is 23.4 Å². The van der Waals surface area contributed by atoms with Crippen LogP contribution in [0.25, 0.3) is 0 Å². The summed E-state index contributed by atoms with van der Waals surface area (Å²) in [6.45, 7) is 0. The van der Waals surface area contributed by atoms with E-state index >= 15 is 0 Å². The topological polar surface area (TPSA) is 49.3 Å². The van der Waals surface area contributed by atoms with Crippen LogP contribution < -0.4 is 5.32 Å². The fourth-order valence-corrected chi connectivity index (χ4v) is 3.14. The van der Waals surface area contributed by atoms with Crippen LogP contribution in [0.1, 0.15) is 12.8 Å². The molecule has 0 saturated carbocycles. The largest absolute Gasteiger partial charge is 0.480 e. The summed E-state index contributed by atoms with van der Waals surface area (Å²) in [4.78, 5) is 11.4. The molecule has 0 atom stereocenters. The molecule has 0 spiro atoms. The molecule has 0 bridgehead atoms. The third-order valence-corrected chi connectivity index (χ3v) is 3.95. The molecule has 0 radical (unpaired) electrons. The van der Waals surface area contributed by atoms with Gasteiger partial charge in [-0.05, 0) is 42.5 Å². The van der Waals surface area contributed by atoms with Crippen LogP contribution in [0.5, 0.6) is 0 Å². The molecule has 3 nitrogen and oxygen atoms in total. The number of rotatable bonds is 3. The third kappa shape index (κ3) is 2.72. The summed E-state index contributed by atoms with van der Waals surface area (Å²) in [7, 11) is 0. The predicted octanol–water partition coefficient (Wildman–Crippen LogP) is 2.59. The molecule has 1 aliphatic rings. The van der Waals surface area contributed by atoms with Crippen molar-refractivity contribution in [2.45, 2.75) is 18.4 Å². The second-order valence-corrected chi connectivity index (χ2v) is 5.36. The lowest BCUT2D eigenvalue weighted by Gasteiger charge is -2.34. The minimum atomic E-state index is -0.945. The van der Waals surface area contributed by atoms with E-state index in [4.69, 9.17) is 0 Å². The van der Waals surface area contributed by atoms with E-state index in [0.29, 0.717) is 18.5 Å². The number of benzene rings is 1. The van der Waals surface area contributed by atoms with E-state index in [-0.39, 0.29) is 5.82 Å². The molecule has 1 aromatic carbocycles. The van der Waals surface area contributed by atoms with Crippen molar-refractivity contribution in [2.24, 2.45) is 0 Å². The standard InChI is InChI=1S/C12H14FNO2S/c13-9-2-1-3-10(8-9)14-12(11(15)16)4-6-17-7-5-12/h1-3,8,14H,4-7H2,(H,15,16). The smallest absolute Gasteiger partial charge is 0.329 e.